The Bertz CT molecular complexity index is 467. The van der Waals surface area contributed by atoms with E-state index in [0.717, 1.165) is 47.7 Å². The van der Waals surface area contributed by atoms with Gasteiger partial charge in [-0.15, -0.1) is 0 Å². The molecule has 0 saturated carbocycles. The first-order valence-electron chi connectivity index (χ1n) is 7.70. The Hall–Kier alpha value is -1.84. The van der Waals surface area contributed by atoms with Gasteiger partial charge in [-0.05, 0) is 48.5 Å². The van der Waals surface area contributed by atoms with Crippen molar-refractivity contribution in [3.8, 4) is 0 Å². The molecule has 124 valence electrons. The van der Waals surface area contributed by atoms with Gasteiger partial charge in [0.15, 0.2) is 11.6 Å². The van der Waals surface area contributed by atoms with Gasteiger partial charge in [0.05, 0.1) is 0 Å². The van der Waals surface area contributed by atoms with E-state index in [-0.39, 0.29) is 11.6 Å². The number of ketones is 2. The van der Waals surface area contributed by atoms with E-state index in [9.17, 15) is 19.2 Å². The van der Waals surface area contributed by atoms with Gasteiger partial charge in [0.25, 0.3) is 0 Å². The summed E-state index contributed by atoms with van der Waals surface area (Å²) in [4.78, 5) is 41.9. The smallest absolute Gasteiger partial charge is 0.197 e. The molecule has 4 nitrogen and oxygen atoms in total. The maximum absolute atomic E-state index is 10.9. The minimum atomic E-state index is -0.345. The molecule has 0 atom stereocenters. The summed E-state index contributed by atoms with van der Waals surface area (Å²) in [5.74, 6) is -0.637. The van der Waals surface area contributed by atoms with E-state index in [0.29, 0.717) is 12.8 Å². The third-order valence-corrected chi connectivity index (χ3v) is 3.44. The van der Waals surface area contributed by atoms with Crippen LogP contribution >= 0.6 is 0 Å². The number of Topliss-reactive ketones (excluding diaryl/α,β-unsaturated/α-hetero) is 2. The molecule has 0 fully saturated rings. The van der Waals surface area contributed by atoms with Crippen molar-refractivity contribution in [2.24, 2.45) is 0 Å². The van der Waals surface area contributed by atoms with Crippen molar-refractivity contribution in [1.82, 2.24) is 0 Å². The lowest BCUT2D eigenvalue weighted by molar-refractivity contribution is -0.135. The lowest BCUT2D eigenvalue weighted by Gasteiger charge is -2.11. The molecule has 0 aliphatic carbocycles. The fourth-order valence-electron chi connectivity index (χ4n) is 1.98. The van der Waals surface area contributed by atoms with Gasteiger partial charge in [-0.2, -0.15) is 0 Å². The molecule has 0 bridgehead atoms. The van der Waals surface area contributed by atoms with Crippen molar-refractivity contribution >= 4 is 24.1 Å². The largest absolute Gasteiger partial charge is 0.298 e. The third kappa shape index (κ3) is 7.81. The summed E-state index contributed by atoms with van der Waals surface area (Å²) >= 11 is 0. The van der Waals surface area contributed by atoms with E-state index < -0.39 is 0 Å². The van der Waals surface area contributed by atoms with Crippen LogP contribution in [0.3, 0.4) is 0 Å². The monoisotopic (exact) mass is 308 g/mol. The fourth-order valence-corrected chi connectivity index (χ4v) is 1.98. The molecule has 0 unspecified atom stereocenters. The number of carbonyl (C=O) groups excluding carboxylic acids is 4. The molecule has 0 heterocycles. The molecule has 22 heavy (non-hydrogen) atoms. The van der Waals surface area contributed by atoms with E-state index in [2.05, 4.69) is 0 Å². The van der Waals surface area contributed by atoms with Crippen LogP contribution in [0, 0.1) is 0 Å². The summed E-state index contributed by atoms with van der Waals surface area (Å²) in [6.07, 6.45) is 4.36. The second-order valence-electron chi connectivity index (χ2n) is 4.78. The molecule has 0 saturated heterocycles. The maximum Gasteiger partial charge on any atom is 0.197 e. The predicted octanol–water partition coefficient (Wildman–Crippen LogP) is 3.78. The number of hydrogen-bond donors (Lipinski definition) is 0. The molecule has 0 aliphatic rings. The zero-order chi connectivity index (χ0) is 17.7. The van der Waals surface area contributed by atoms with Gasteiger partial charge in [0, 0.05) is 13.3 Å². The second kappa shape index (κ2) is 12.9. The maximum atomic E-state index is 10.9. The standard InChI is InChI=1S/C13H20O2.C5H8O2/c1-5-11(8-14)10(4)13(7-3)12(6-2)9-15;1-3-5(7)4(2)6/h8-9H,5-7H2,1-4H3;3H2,1-2H3. The highest BCUT2D eigenvalue weighted by atomic mass is 16.2. The van der Waals surface area contributed by atoms with Gasteiger partial charge in [-0.3, -0.25) is 19.2 Å². The van der Waals surface area contributed by atoms with Gasteiger partial charge >= 0.3 is 0 Å². The SMILES string of the molecule is CCC(=O)C(C)=O.CCC(C=O)=C(C)C(CC)=C(C=O)CC. The molecule has 0 spiro atoms. The van der Waals surface area contributed by atoms with E-state index >= 15 is 0 Å². The molecule has 0 N–H and O–H groups in total. The van der Waals surface area contributed by atoms with E-state index in [4.69, 9.17) is 0 Å². The average Bonchev–Trinajstić information content (AvgIpc) is 2.52. The molecule has 0 aromatic carbocycles. The molecule has 0 aliphatic heterocycles. The first-order valence-corrected chi connectivity index (χ1v) is 7.70. The minimum absolute atomic E-state index is 0.292. The molecular weight excluding hydrogens is 280 g/mol. The molecule has 0 amide bonds. The zero-order valence-electron chi connectivity index (χ0n) is 14.6. The first kappa shape index (κ1) is 22.4. The average molecular weight is 308 g/mol. The summed E-state index contributed by atoms with van der Waals surface area (Å²) in [6.45, 7) is 10.8. The van der Waals surface area contributed by atoms with Crippen LogP contribution in [0.1, 0.15) is 67.2 Å². The lowest BCUT2D eigenvalue weighted by atomic mass is 9.93. The number of carbonyl (C=O) groups is 4. The van der Waals surface area contributed by atoms with Crippen molar-refractivity contribution in [2.45, 2.75) is 67.2 Å². The Morgan fingerprint density at radius 3 is 1.36 bits per heavy atom. The van der Waals surface area contributed by atoms with Gasteiger partial charge in [0.2, 0.25) is 0 Å². The third-order valence-electron chi connectivity index (χ3n) is 3.44. The van der Waals surface area contributed by atoms with Crippen LogP contribution < -0.4 is 0 Å². The number of rotatable bonds is 8. The van der Waals surface area contributed by atoms with Crippen molar-refractivity contribution < 1.29 is 19.2 Å². The summed E-state index contributed by atoms with van der Waals surface area (Å²) in [5, 5.41) is 0. The van der Waals surface area contributed by atoms with Gasteiger partial charge in [-0.25, -0.2) is 0 Å². The Balaban J connectivity index is 0. The van der Waals surface area contributed by atoms with Gasteiger partial charge < -0.3 is 0 Å². The summed E-state index contributed by atoms with van der Waals surface area (Å²) in [6, 6.07) is 0. The summed E-state index contributed by atoms with van der Waals surface area (Å²) in [5.41, 5.74) is 3.60. The van der Waals surface area contributed by atoms with E-state index in [1.807, 2.05) is 27.7 Å². The predicted molar refractivity (Wildman–Crippen MR) is 88.7 cm³/mol. The Kier molecular flexibility index (Phi) is 13.1. The quantitative estimate of drug-likeness (QED) is 0.296. The summed E-state index contributed by atoms with van der Waals surface area (Å²) in [7, 11) is 0. The number of allylic oxidation sites excluding steroid dienone is 4. The fraction of sp³-hybridized carbons (Fsp3) is 0.556. The Morgan fingerprint density at radius 1 is 0.727 bits per heavy atom. The zero-order valence-corrected chi connectivity index (χ0v) is 14.6. The van der Waals surface area contributed by atoms with Gasteiger partial charge in [-0.1, -0.05) is 27.7 Å². The van der Waals surface area contributed by atoms with Crippen molar-refractivity contribution in [1.29, 1.82) is 0 Å². The van der Waals surface area contributed by atoms with Gasteiger partial charge in [0.1, 0.15) is 12.6 Å². The highest BCUT2D eigenvalue weighted by Crippen LogP contribution is 2.22. The van der Waals surface area contributed by atoms with Crippen LogP contribution in [-0.4, -0.2) is 24.1 Å². The van der Waals surface area contributed by atoms with Crippen LogP contribution in [0.2, 0.25) is 0 Å². The summed E-state index contributed by atoms with van der Waals surface area (Å²) < 4.78 is 0. The number of aldehydes is 2. The Morgan fingerprint density at radius 2 is 1.18 bits per heavy atom. The van der Waals surface area contributed by atoms with E-state index in [1.165, 1.54) is 6.92 Å². The Labute approximate surface area is 133 Å². The van der Waals surface area contributed by atoms with E-state index in [1.54, 1.807) is 6.92 Å². The van der Waals surface area contributed by atoms with Crippen LogP contribution in [0.4, 0.5) is 0 Å². The molecule has 0 aromatic rings. The molecule has 0 aromatic heterocycles. The molecule has 0 rings (SSSR count). The minimum Gasteiger partial charge on any atom is -0.298 e. The van der Waals surface area contributed by atoms with Crippen molar-refractivity contribution in [3.05, 3.63) is 22.3 Å². The molecular formula is C18H28O4. The number of hydrogen-bond acceptors (Lipinski definition) is 4. The van der Waals surface area contributed by atoms with Crippen molar-refractivity contribution in [2.75, 3.05) is 0 Å². The normalized spacial score (nSPS) is 12.3. The van der Waals surface area contributed by atoms with Crippen LogP contribution in [0.15, 0.2) is 22.3 Å². The molecule has 0 radical (unpaired) electrons. The van der Waals surface area contributed by atoms with Crippen LogP contribution in [0.5, 0.6) is 0 Å². The highest BCUT2D eigenvalue weighted by Gasteiger charge is 2.08. The van der Waals surface area contributed by atoms with Crippen LogP contribution in [-0.2, 0) is 19.2 Å². The highest BCUT2D eigenvalue weighted by molar-refractivity contribution is 6.36. The van der Waals surface area contributed by atoms with Crippen LogP contribution in [0.25, 0.3) is 0 Å². The second-order valence-corrected chi connectivity index (χ2v) is 4.78. The lowest BCUT2D eigenvalue weighted by Crippen LogP contribution is -2.06. The molecule has 4 heteroatoms. The van der Waals surface area contributed by atoms with Crippen molar-refractivity contribution in [3.63, 3.8) is 0 Å². The topological polar surface area (TPSA) is 68.3 Å². The first-order chi connectivity index (χ1) is 10.3.